The van der Waals surface area contributed by atoms with Gasteiger partial charge in [-0.3, -0.25) is 14.3 Å². The molecule has 0 amide bonds. The molecule has 8 nitrogen and oxygen atoms in total. The predicted molar refractivity (Wildman–Crippen MR) is 133 cm³/mol. The second-order valence-electron chi connectivity index (χ2n) is 8.04. The Labute approximate surface area is 199 Å². The first-order valence-corrected chi connectivity index (χ1v) is 13.3. The summed E-state index contributed by atoms with van der Waals surface area (Å²) >= 11 is 1.30. The minimum absolute atomic E-state index is 0.0215. The average Bonchev–Trinajstić information content (AvgIpc) is 3.46. The lowest BCUT2D eigenvalue weighted by atomic mass is 10.1. The van der Waals surface area contributed by atoms with E-state index in [-0.39, 0.29) is 12.3 Å². The van der Waals surface area contributed by atoms with Gasteiger partial charge in [0, 0.05) is 11.2 Å². The SMILES string of the molecule is CCn1cnc2c1c(=O)[nH]c(=O)n2Cc1ccc(CCS(=O)(=O)c2cc3ccccc3s2)cc1. The van der Waals surface area contributed by atoms with Gasteiger partial charge in [0.15, 0.2) is 21.0 Å². The van der Waals surface area contributed by atoms with E-state index in [0.29, 0.717) is 28.3 Å². The monoisotopic (exact) mass is 494 g/mol. The van der Waals surface area contributed by atoms with E-state index < -0.39 is 21.1 Å². The molecule has 5 aromatic rings. The number of aromatic amines is 1. The highest BCUT2D eigenvalue weighted by molar-refractivity contribution is 7.93. The van der Waals surface area contributed by atoms with Crippen LogP contribution < -0.4 is 11.2 Å². The van der Waals surface area contributed by atoms with E-state index in [4.69, 9.17) is 0 Å². The first kappa shape index (κ1) is 22.3. The van der Waals surface area contributed by atoms with Crippen LogP contribution in [0.3, 0.4) is 0 Å². The second kappa shape index (κ2) is 8.69. The Balaban J connectivity index is 1.33. The van der Waals surface area contributed by atoms with Crippen LogP contribution in [0.4, 0.5) is 0 Å². The summed E-state index contributed by atoms with van der Waals surface area (Å²) < 4.78 is 30.1. The van der Waals surface area contributed by atoms with Gasteiger partial charge in [0.2, 0.25) is 0 Å². The first-order valence-electron chi connectivity index (χ1n) is 10.8. The summed E-state index contributed by atoms with van der Waals surface area (Å²) in [6, 6.07) is 16.8. The molecule has 0 saturated carbocycles. The van der Waals surface area contributed by atoms with Gasteiger partial charge >= 0.3 is 5.69 Å². The molecule has 34 heavy (non-hydrogen) atoms. The zero-order chi connectivity index (χ0) is 23.9. The molecule has 0 aliphatic carbocycles. The Morgan fingerprint density at radius 2 is 1.76 bits per heavy atom. The van der Waals surface area contributed by atoms with Gasteiger partial charge in [0.05, 0.1) is 18.6 Å². The smallest absolute Gasteiger partial charge is 0.325 e. The van der Waals surface area contributed by atoms with E-state index >= 15 is 0 Å². The van der Waals surface area contributed by atoms with Crippen molar-refractivity contribution in [3.8, 4) is 0 Å². The number of fused-ring (bicyclic) bond motifs is 2. The van der Waals surface area contributed by atoms with Crippen molar-refractivity contribution in [2.24, 2.45) is 0 Å². The third-order valence-corrected chi connectivity index (χ3v) is 9.22. The van der Waals surface area contributed by atoms with E-state index in [1.54, 1.807) is 17.0 Å². The molecule has 0 fully saturated rings. The largest absolute Gasteiger partial charge is 0.330 e. The van der Waals surface area contributed by atoms with Crippen LogP contribution in [-0.2, 0) is 29.3 Å². The number of nitrogens with zero attached hydrogens (tertiary/aromatic N) is 3. The van der Waals surface area contributed by atoms with Crippen molar-refractivity contribution >= 4 is 42.4 Å². The molecule has 2 aromatic carbocycles. The van der Waals surface area contributed by atoms with E-state index in [9.17, 15) is 18.0 Å². The van der Waals surface area contributed by atoms with Crippen LogP contribution in [0.1, 0.15) is 18.1 Å². The van der Waals surface area contributed by atoms with Gasteiger partial charge in [-0.15, -0.1) is 11.3 Å². The number of rotatable bonds is 7. The third-order valence-electron chi connectivity index (χ3n) is 5.83. The van der Waals surface area contributed by atoms with Crippen LogP contribution in [0.15, 0.2) is 74.7 Å². The summed E-state index contributed by atoms with van der Waals surface area (Å²) in [4.78, 5) is 31.3. The molecule has 0 aliphatic rings. The highest BCUT2D eigenvalue weighted by Gasteiger charge is 2.18. The lowest BCUT2D eigenvalue weighted by molar-refractivity contribution is 0.597. The number of nitrogens with one attached hydrogen (secondary N) is 1. The maximum absolute atomic E-state index is 12.8. The highest BCUT2D eigenvalue weighted by atomic mass is 32.2. The van der Waals surface area contributed by atoms with Crippen molar-refractivity contribution in [3.05, 3.63) is 92.9 Å². The zero-order valence-electron chi connectivity index (χ0n) is 18.4. The van der Waals surface area contributed by atoms with Crippen molar-refractivity contribution in [3.63, 3.8) is 0 Å². The van der Waals surface area contributed by atoms with E-state index in [0.717, 1.165) is 21.2 Å². The fourth-order valence-electron chi connectivity index (χ4n) is 3.97. The number of benzene rings is 2. The maximum atomic E-state index is 12.8. The number of imidazole rings is 1. The van der Waals surface area contributed by atoms with Crippen LogP contribution >= 0.6 is 11.3 Å². The molecule has 0 unspecified atom stereocenters. The first-order chi connectivity index (χ1) is 16.4. The van der Waals surface area contributed by atoms with Crippen molar-refractivity contribution < 1.29 is 8.42 Å². The molecular formula is C24H22N4O4S2. The quantitative estimate of drug-likeness (QED) is 0.374. The number of hydrogen-bond acceptors (Lipinski definition) is 6. The number of aromatic nitrogens is 4. The van der Waals surface area contributed by atoms with Crippen molar-refractivity contribution in [1.82, 2.24) is 19.1 Å². The molecule has 0 atom stereocenters. The molecule has 3 heterocycles. The number of H-pyrrole nitrogens is 1. The van der Waals surface area contributed by atoms with E-state index in [1.807, 2.05) is 55.5 Å². The summed E-state index contributed by atoms with van der Waals surface area (Å²) in [7, 11) is -3.38. The van der Waals surface area contributed by atoms with E-state index in [2.05, 4.69) is 9.97 Å². The molecule has 0 aliphatic heterocycles. The molecule has 0 saturated heterocycles. The summed E-state index contributed by atoms with van der Waals surface area (Å²) in [5.41, 5.74) is 1.47. The lowest BCUT2D eigenvalue weighted by Gasteiger charge is -2.08. The number of hydrogen-bond donors (Lipinski definition) is 1. The minimum Gasteiger partial charge on any atom is -0.325 e. The average molecular weight is 495 g/mol. The zero-order valence-corrected chi connectivity index (χ0v) is 20.0. The summed E-state index contributed by atoms with van der Waals surface area (Å²) in [6.45, 7) is 2.71. The standard InChI is InChI=1S/C24H22N4O4S2/c1-2-27-15-25-22-21(27)23(29)26-24(30)28(22)14-17-9-7-16(8-10-17)11-12-34(31,32)20-13-18-5-3-4-6-19(18)33-20/h3-10,13,15H,2,11-12,14H2,1H3,(H,26,29,30). The van der Waals surface area contributed by atoms with Crippen molar-refractivity contribution in [1.29, 1.82) is 0 Å². The predicted octanol–water partition coefficient (Wildman–Crippen LogP) is 3.19. The molecule has 174 valence electrons. The molecule has 0 spiro atoms. The topological polar surface area (TPSA) is 107 Å². The van der Waals surface area contributed by atoms with Gasteiger partial charge in [0.25, 0.3) is 5.56 Å². The van der Waals surface area contributed by atoms with Gasteiger partial charge in [0.1, 0.15) is 4.21 Å². The number of aryl methyl sites for hydroxylation is 2. The van der Waals surface area contributed by atoms with Crippen LogP contribution in [0.2, 0.25) is 0 Å². The lowest BCUT2D eigenvalue weighted by Crippen LogP contribution is -2.31. The van der Waals surface area contributed by atoms with Gasteiger partial charge in [-0.2, -0.15) is 0 Å². The number of sulfone groups is 1. The summed E-state index contributed by atoms with van der Waals surface area (Å²) in [6.07, 6.45) is 1.94. The van der Waals surface area contributed by atoms with Crippen LogP contribution in [0.25, 0.3) is 21.3 Å². The van der Waals surface area contributed by atoms with E-state index in [1.165, 1.54) is 15.9 Å². The summed E-state index contributed by atoms with van der Waals surface area (Å²) in [5.74, 6) is 0.0215. The molecule has 0 bridgehead atoms. The fourth-order valence-corrected chi connectivity index (χ4v) is 6.80. The molecule has 1 N–H and O–H groups in total. The Kier molecular flexibility index (Phi) is 5.70. The number of thiophene rings is 1. The van der Waals surface area contributed by atoms with Crippen LogP contribution in [-0.4, -0.2) is 33.3 Å². The van der Waals surface area contributed by atoms with Gasteiger partial charge < -0.3 is 4.57 Å². The van der Waals surface area contributed by atoms with Gasteiger partial charge in [-0.05, 0) is 42.0 Å². The molecular weight excluding hydrogens is 472 g/mol. The maximum Gasteiger partial charge on any atom is 0.330 e. The van der Waals surface area contributed by atoms with Gasteiger partial charge in [-0.25, -0.2) is 18.2 Å². The Morgan fingerprint density at radius 1 is 1.03 bits per heavy atom. The third kappa shape index (κ3) is 4.10. The van der Waals surface area contributed by atoms with Gasteiger partial charge in [-0.1, -0.05) is 42.5 Å². The van der Waals surface area contributed by atoms with Crippen LogP contribution in [0.5, 0.6) is 0 Å². The summed E-state index contributed by atoms with van der Waals surface area (Å²) in [5, 5.41) is 0.936. The molecule has 10 heteroatoms. The molecule has 0 radical (unpaired) electrons. The van der Waals surface area contributed by atoms with Crippen LogP contribution in [0, 0.1) is 0 Å². The minimum atomic E-state index is -3.38. The Bertz CT molecular complexity index is 1690. The Morgan fingerprint density at radius 3 is 2.50 bits per heavy atom. The molecule has 5 rings (SSSR count). The highest BCUT2D eigenvalue weighted by Crippen LogP contribution is 2.29. The normalized spacial score (nSPS) is 12.0. The Hall–Kier alpha value is -3.50. The van der Waals surface area contributed by atoms with Crippen molar-refractivity contribution in [2.75, 3.05) is 5.75 Å². The second-order valence-corrected chi connectivity index (χ2v) is 11.5. The fraction of sp³-hybridized carbons (Fsp3) is 0.208. The van der Waals surface area contributed by atoms with Crippen molar-refractivity contribution in [2.45, 2.75) is 30.6 Å². The molecule has 3 aromatic heterocycles.